The van der Waals surface area contributed by atoms with E-state index in [-0.39, 0.29) is 11.7 Å². The van der Waals surface area contributed by atoms with Gasteiger partial charge in [0.2, 0.25) is 0 Å². The lowest BCUT2D eigenvalue weighted by Gasteiger charge is -2.36. The topological polar surface area (TPSA) is 21.7 Å². The van der Waals surface area contributed by atoms with E-state index >= 15 is 0 Å². The summed E-state index contributed by atoms with van der Waals surface area (Å²) in [6, 6.07) is 24.6. The van der Waals surface area contributed by atoms with Gasteiger partial charge >= 0.3 is 0 Å². The molecule has 4 aromatic rings. The summed E-state index contributed by atoms with van der Waals surface area (Å²) >= 11 is 1.86. The number of hydrogen-bond donors (Lipinski definition) is 0. The first-order chi connectivity index (χ1) is 18.8. The summed E-state index contributed by atoms with van der Waals surface area (Å²) < 4.78 is 15.1. The van der Waals surface area contributed by atoms with Crippen LogP contribution in [0.1, 0.15) is 68.9 Å². The van der Waals surface area contributed by atoms with E-state index < -0.39 is 0 Å². The maximum absolute atomic E-state index is 6.67. The minimum Gasteiger partial charge on any atom is -0.493 e. The zero-order valence-electron chi connectivity index (χ0n) is 23.8. The fourth-order valence-electron chi connectivity index (χ4n) is 6.25. The van der Waals surface area contributed by atoms with Crippen LogP contribution in [-0.4, -0.2) is 18.8 Å². The molecule has 4 aromatic carbocycles. The van der Waals surface area contributed by atoms with Crippen molar-refractivity contribution in [2.45, 2.75) is 76.9 Å². The van der Waals surface area contributed by atoms with Gasteiger partial charge in [-0.05, 0) is 147 Å². The van der Waals surface area contributed by atoms with Crippen LogP contribution in [0.2, 0.25) is 0 Å². The molecule has 0 bridgehead atoms. The third-order valence-electron chi connectivity index (χ3n) is 7.78. The number of aryl methyl sites for hydroxylation is 2. The Bertz CT molecular complexity index is 1520. The van der Waals surface area contributed by atoms with Crippen LogP contribution in [0.4, 0.5) is 5.69 Å². The highest BCUT2D eigenvalue weighted by atomic mass is 32.2. The van der Waals surface area contributed by atoms with E-state index in [2.05, 4.69) is 106 Å². The normalized spacial score (nSPS) is 16.0. The number of rotatable bonds is 5. The zero-order valence-corrected chi connectivity index (χ0v) is 24.7. The molecule has 3 nitrogen and oxygen atoms in total. The molecule has 39 heavy (non-hydrogen) atoms. The van der Waals surface area contributed by atoms with Gasteiger partial charge in [-0.25, -0.2) is 0 Å². The standard InChI is InChI=1S/C35H39NO2S/c1-23-20-31-30(13-8-18-36(31)39-29-16-14-25-10-6-7-11-26(25)22-29)34(24(2)38-35(3,4)5)33(23)28-15-17-32-27(21-28)12-9-19-37-32/h6-7,10-11,14-17,20-22,24H,8-9,12-13,18-19H2,1-5H3. The van der Waals surface area contributed by atoms with Crippen LogP contribution in [0.3, 0.4) is 0 Å². The van der Waals surface area contributed by atoms with E-state index in [1.165, 1.54) is 54.7 Å². The van der Waals surface area contributed by atoms with Gasteiger partial charge in [0, 0.05) is 11.4 Å². The molecule has 1 atom stereocenters. The predicted molar refractivity (Wildman–Crippen MR) is 165 cm³/mol. The Morgan fingerprint density at radius 2 is 1.74 bits per heavy atom. The van der Waals surface area contributed by atoms with Crippen LogP contribution >= 0.6 is 11.9 Å². The second kappa shape index (κ2) is 10.6. The molecular weight excluding hydrogens is 498 g/mol. The van der Waals surface area contributed by atoms with Gasteiger partial charge in [-0.15, -0.1) is 0 Å². The van der Waals surface area contributed by atoms with Crippen molar-refractivity contribution >= 4 is 28.4 Å². The summed E-state index contributed by atoms with van der Waals surface area (Å²) in [7, 11) is 0. The largest absolute Gasteiger partial charge is 0.493 e. The molecule has 0 saturated carbocycles. The lowest BCUT2D eigenvalue weighted by atomic mass is 9.84. The van der Waals surface area contributed by atoms with Gasteiger partial charge in [0.15, 0.2) is 0 Å². The third kappa shape index (κ3) is 5.42. The van der Waals surface area contributed by atoms with E-state index in [9.17, 15) is 0 Å². The van der Waals surface area contributed by atoms with Gasteiger partial charge in [-0.2, -0.15) is 0 Å². The molecule has 0 radical (unpaired) electrons. The van der Waals surface area contributed by atoms with E-state index in [1.807, 2.05) is 11.9 Å². The molecule has 0 aromatic heterocycles. The molecule has 0 saturated heterocycles. The molecule has 0 aliphatic carbocycles. The van der Waals surface area contributed by atoms with Crippen molar-refractivity contribution in [3.05, 3.63) is 89.0 Å². The van der Waals surface area contributed by atoms with Gasteiger partial charge in [0.25, 0.3) is 0 Å². The Morgan fingerprint density at radius 3 is 2.56 bits per heavy atom. The van der Waals surface area contributed by atoms with Crippen molar-refractivity contribution in [2.75, 3.05) is 17.5 Å². The predicted octanol–water partition coefficient (Wildman–Crippen LogP) is 9.48. The Morgan fingerprint density at radius 1 is 0.923 bits per heavy atom. The zero-order chi connectivity index (χ0) is 27.1. The summed E-state index contributed by atoms with van der Waals surface area (Å²) in [6.45, 7) is 12.8. The first-order valence-electron chi connectivity index (χ1n) is 14.3. The SMILES string of the molecule is Cc1cc2c(c(C(C)OC(C)(C)C)c1-c1ccc3c(c1)CCCO3)CCCN2Sc1ccc2ccccc2c1. The van der Waals surface area contributed by atoms with Gasteiger partial charge in [0.1, 0.15) is 5.75 Å². The number of anilines is 1. The van der Waals surface area contributed by atoms with E-state index in [4.69, 9.17) is 9.47 Å². The van der Waals surface area contributed by atoms with Crippen molar-refractivity contribution in [3.8, 4) is 16.9 Å². The summed E-state index contributed by atoms with van der Waals surface area (Å²) in [5.74, 6) is 1.04. The molecule has 6 rings (SSSR count). The van der Waals surface area contributed by atoms with Crippen molar-refractivity contribution in [1.29, 1.82) is 0 Å². The maximum Gasteiger partial charge on any atom is 0.122 e. The fourth-order valence-corrected chi connectivity index (χ4v) is 7.30. The highest BCUT2D eigenvalue weighted by molar-refractivity contribution is 8.00. The first-order valence-corrected chi connectivity index (χ1v) is 15.1. The molecule has 0 N–H and O–H groups in total. The average molecular weight is 538 g/mol. The van der Waals surface area contributed by atoms with E-state index in [0.29, 0.717) is 0 Å². The smallest absolute Gasteiger partial charge is 0.122 e. The van der Waals surface area contributed by atoms with Crippen LogP contribution in [0.25, 0.3) is 21.9 Å². The van der Waals surface area contributed by atoms with Crippen molar-refractivity contribution in [1.82, 2.24) is 0 Å². The van der Waals surface area contributed by atoms with Crippen LogP contribution < -0.4 is 9.04 Å². The molecule has 4 heteroatoms. The minimum absolute atomic E-state index is 0.0217. The monoisotopic (exact) mass is 537 g/mol. The van der Waals surface area contributed by atoms with Crippen LogP contribution in [0.15, 0.2) is 71.6 Å². The van der Waals surface area contributed by atoms with Crippen molar-refractivity contribution in [3.63, 3.8) is 0 Å². The second-order valence-electron chi connectivity index (χ2n) is 11.9. The van der Waals surface area contributed by atoms with Crippen molar-refractivity contribution in [2.24, 2.45) is 0 Å². The van der Waals surface area contributed by atoms with E-state index in [0.717, 1.165) is 44.6 Å². The average Bonchev–Trinajstić information content (AvgIpc) is 2.91. The minimum atomic E-state index is -0.231. The quantitative estimate of drug-likeness (QED) is 0.236. The summed E-state index contributed by atoms with van der Waals surface area (Å²) in [6.07, 6.45) is 4.33. The third-order valence-corrected chi connectivity index (χ3v) is 8.84. The number of nitrogens with zero attached hydrogens (tertiary/aromatic N) is 1. The highest BCUT2D eigenvalue weighted by Gasteiger charge is 2.30. The van der Waals surface area contributed by atoms with Gasteiger partial charge in [0.05, 0.1) is 24.0 Å². The van der Waals surface area contributed by atoms with Gasteiger partial charge in [-0.3, -0.25) is 0 Å². The lowest BCUT2D eigenvalue weighted by molar-refractivity contribution is -0.0530. The van der Waals surface area contributed by atoms with Gasteiger partial charge in [-0.1, -0.05) is 36.4 Å². The molecule has 2 heterocycles. The molecule has 202 valence electrons. The summed E-state index contributed by atoms with van der Waals surface area (Å²) in [5, 5.41) is 2.57. The molecular formula is C35H39NO2S. The number of fused-ring (bicyclic) bond motifs is 3. The number of benzene rings is 4. The molecule has 2 aliphatic heterocycles. The molecule has 1 unspecified atom stereocenters. The van der Waals surface area contributed by atoms with Crippen LogP contribution in [0.5, 0.6) is 5.75 Å². The Kier molecular flexibility index (Phi) is 7.11. The summed E-state index contributed by atoms with van der Waals surface area (Å²) in [4.78, 5) is 1.28. The maximum atomic E-state index is 6.67. The van der Waals surface area contributed by atoms with Crippen molar-refractivity contribution < 1.29 is 9.47 Å². The number of ether oxygens (including phenoxy) is 2. The Balaban J connectivity index is 1.45. The van der Waals surface area contributed by atoms with Gasteiger partial charge < -0.3 is 13.8 Å². The number of hydrogen-bond acceptors (Lipinski definition) is 4. The highest BCUT2D eigenvalue weighted by Crippen LogP contribution is 2.46. The second-order valence-corrected chi connectivity index (χ2v) is 13.0. The van der Waals surface area contributed by atoms with E-state index in [1.54, 1.807) is 0 Å². The Hall–Kier alpha value is -2.95. The molecule has 2 aliphatic rings. The lowest BCUT2D eigenvalue weighted by Crippen LogP contribution is -2.27. The molecule has 0 spiro atoms. The summed E-state index contributed by atoms with van der Waals surface area (Å²) in [5.41, 5.74) is 9.11. The molecule has 0 fully saturated rings. The molecule has 0 amide bonds. The fraction of sp³-hybridized carbons (Fsp3) is 0.371. The van der Waals surface area contributed by atoms with Crippen LogP contribution in [-0.2, 0) is 17.6 Å². The van der Waals surface area contributed by atoms with Crippen LogP contribution in [0, 0.1) is 6.92 Å². The Labute approximate surface area is 237 Å². The first kappa shape index (κ1) is 26.3.